The lowest BCUT2D eigenvalue weighted by Crippen LogP contribution is -2.17. The summed E-state index contributed by atoms with van der Waals surface area (Å²) in [6.07, 6.45) is 2.56. The van der Waals surface area contributed by atoms with Gasteiger partial charge in [-0.05, 0) is 56.5 Å². The molecule has 1 fully saturated rings. The third kappa shape index (κ3) is 3.83. The van der Waals surface area contributed by atoms with Gasteiger partial charge in [0.25, 0.3) is 0 Å². The van der Waals surface area contributed by atoms with Crippen LogP contribution in [0.3, 0.4) is 0 Å². The maximum Gasteiger partial charge on any atom is 0.224 e. The summed E-state index contributed by atoms with van der Waals surface area (Å²) in [7, 11) is 0. The summed E-state index contributed by atoms with van der Waals surface area (Å²) >= 11 is 3.47. The van der Waals surface area contributed by atoms with Gasteiger partial charge in [0.15, 0.2) is 0 Å². The number of halogens is 1. The minimum Gasteiger partial charge on any atom is -0.439 e. The van der Waals surface area contributed by atoms with Gasteiger partial charge in [-0.3, -0.25) is 0 Å². The monoisotopic (exact) mass is 346 g/mol. The zero-order valence-electron chi connectivity index (χ0n) is 12.3. The largest absolute Gasteiger partial charge is 0.439 e. The molecule has 0 aliphatic heterocycles. The third-order valence-electron chi connectivity index (χ3n) is 3.59. The van der Waals surface area contributed by atoms with E-state index in [1.165, 1.54) is 18.4 Å². The van der Waals surface area contributed by atoms with Gasteiger partial charge in [0.1, 0.15) is 5.75 Å². The summed E-state index contributed by atoms with van der Waals surface area (Å²) in [6, 6.07) is 10.6. The summed E-state index contributed by atoms with van der Waals surface area (Å²) in [6.45, 7) is 4.93. The van der Waals surface area contributed by atoms with Crippen LogP contribution in [-0.4, -0.2) is 11.0 Å². The molecule has 1 N–H and O–H groups in total. The van der Waals surface area contributed by atoms with Crippen molar-refractivity contribution in [3.63, 3.8) is 0 Å². The molecule has 0 amide bonds. The lowest BCUT2D eigenvalue weighted by molar-refractivity contribution is 0.450. The van der Waals surface area contributed by atoms with Gasteiger partial charge in [-0.1, -0.05) is 22.0 Å². The van der Waals surface area contributed by atoms with Crippen LogP contribution in [0.4, 0.5) is 0 Å². The molecule has 1 aromatic heterocycles. The van der Waals surface area contributed by atoms with Gasteiger partial charge in [-0.25, -0.2) is 4.98 Å². The Labute approximate surface area is 133 Å². The Hall–Kier alpha value is -1.39. The molecule has 0 spiro atoms. The first-order valence-corrected chi connectivity index (χ1v) is 8.05. The molecule has 0 atom stereocenters. The fourth-order valence-corrected chi connectivity index (χ4v) is 2.68. The average Bonchev–Trinajstić information content (AvgIpc) is 3.21. The highest BCUT2D eigenvalue weighted by Gasteiger charge is 2.21. The quantitative estimate of drug-likeness (QED) is 0.864. The molecule has 0 radical (unpaired) electrons. The number of pyridine rings is 1. The first-order valence-electron chi connectivity index (χ1n) is 7.26. The summed E-state index contributed by atoms with van der Waals surface area (Å²) in [5.74, 6) is 1.51. The highest BCUT2D eigenvalue weighted by Crippen LogP contribution is 2.29. The molecule has 110 valence electrons. The van der Waals surface area contributed by atoms with Crippen LogP contribution in [-0.2, 0) is 6.54 Å². The van der Waals surface area contributed by atoms with Crippen molar-refractivity contribution in [1.82, 2.24) is 10.3 Å². The molecule has 1 heterocycles. The smallest absolute Gasteiger partial charge is 0.224 e. The molecule has 3 rings (SSSR count). The van der Waals surface area contributed by atoms with Crippen LogP contribution < -0.4 is 10.1 Å². The second-order valence-electron chi connectivity index (χ2n) is 5.58. The fraction of sp³-hybridized carbons (Fsp3) is 0.353. The van der Waals surface area contributed by atoms with E-state index in [2.05, 4.69) is 39.2 Å². The number of nitrogens with zero attached hydrogens (tertiary/aromatic N) is 1. The second kappa shape index (κ2) is 6.16. The van der Waals surface area contributed by atoms with Crippen LogP contribution in [0.15, 0.2) is 34.8 Å². The van der Waals surface area contributed by atoms with Crippen LogP contribution in [0.5, 0.6) is 11.6 Å². The SMILES string of the molecule is Cc1cc(C)c(CNC2CC2)c(Oc2cccc(Br)c2)n1. The summed E-state index contributed by atoms with van der Waals surface area (Å²) in [5.41, 5.74) is 3.35. The number of hydrogen-bond acceptors (Lipinski definition) is 3. The topological polar surface area (TPSA) is 34.1 Å². The lowest BCUT2D eigenvalue weighted by Gasteiger charge is -2.14. The fourth-order valence-electron chi connectivity index (χ4n) is 2.30. The average molecular weight is 347 g/mol. The van der Waals surface area contributed by atoms with E-state index in [9.17, 15) is 0 Å². The van der Waals surface area contributed by atoms with Crippen LogP contribution in [0, 0.1) is 13.8 Å². The highest BCUT2D eigenvalue weighted by atomic mass is 79.9. The maximum absolute atomic E-state index is 6.02. The predicted molar refractivity (Wildman–Crippen MR) is 87.8 cm³/mol. The molecule has 1 aromatic carbocycles. The minimum atomic E-state index is 0.671. The number of nitrogens with one attached hydrogen (secondary N) is 1. The van der Waals surface area contributed by atoms with Crippen molar-refractivity contribution in [3.05, 3.63) is 51.6 Å². The van der Waals surface area contributed by atoms with E-state index >= 15 is 0 Å². The molecular formula is C17H19BrN2O. The molecule has 4 heteroatoms. The van der Waals surface area contributed by atoms with Crippen molar-refractivity contribution in [1.29, 1.82) is 0 Å². The summed E-state index contributed by atoms with van der Waals surface area (Å²) in [5, 5.41) is 3.54. The Bertz CT molecular complexity index is 653. The lowest BCUT2D eigenvalue weighted by atomic mass is 10.1. The molecule has 21 heavy (non-hydrogen) atoms. The molecule has 1 aliphatic carbocycles. The number of aryl methyl sites for hydroxylation is 2. The van der Waals surface area contributed by atoms with Gasteiger partial charge in [0.2, 0.25) is 5.88 Å². The Morgan fingerprint density at radius 3 is 2.81 bits per heavy atom. The third-order valence-corrected chi connectivity index (χ3v) is 4.09. The van der Waals surface area contributed by atoms with E-state index in [-0.39, 0.29) is 0 Å². The van der Waals surface area contributed by atoms with Crippen LogP contribution >= 0.6 is 15.9 Å². The van der Waals surface area contributed by atoms with E-state index in [0.717, 1.165) is 28.0 Å². The van der Waals surface area contributed by atoms with Crippen molar-refractivity contribution in [2.24, 2.45) is 0 Å². The normalized spacial score (nSPS) is 14.2. The second-order valence-corrected chi connectivity index (χ2v) is 6.49. The van der Waals surface area contributed by atoms with Crippen LogP contribution in [0.25, 0.3) is 0 Å². The van der Waals surface area contributed by atoms with Gasteiger partial charge in [-0.2, -0.15) is 0 Å². The van der Waals surface area contributed by atoms with Crippen molar-refractivity contribution in [2.75, 3.05) is 0 Å². The zero-order chi connectivity index (χ0) is 14.8. The molecule has 0 saturated heterocycles. The maximum atomic E-state index is 6.02. The Morgan fingerprint density at radius 2 is 2.10 bits per heavy atom. The van der Waals surface area contributed by atoms with Gasteiger partial charge in [-0.15, -0.1) is 0 Å². The van der Waals surface area contributed by atoms with Gasteiger partial charge in [0.05, 0.1) is 0 Å². The van der Waals surface area contributed by atoms with Crippen LogP contribution in [0.1, 0.15) is 29.7 Å². The zero-order valence-corrected chi connectivity index (χ0v) is 13.9. The van der Waals surface area contributed by atoms with E-state index in [1.807, 2.05) is 31.2 Å². The molecule has 3 nitrogen and oxygen atoms in total. The summed E-state index contributed by atoms with van der Waals surface area (Å²) in [4.78, 5) is 4.58. The Morgan fingerprint density at radius 1 is 1.29 bits per heavy atom. The minimum absolute atomic E-state index is 0.671. The van der Waals surface area contributed by atoms with Crippen LogP contribution in [0.2, 0.25) is 0 Å². The molecule has 0 bridgehead atoms. The van der Waals surface area contributed by atoms with Gasteiger partial charge in [0, 0.05) is 28.3 Å². The number of rotatable bonds is 5. The number of benzene rings is 1. The standard InChI is InChI=1S/C17H19BrN2O/c1-11-8-12(2)20-17(16(11)10-19-14-6-7-14)21-15-5-3-4-13(18)9-15/h3-5,8-9,14,19H,6-7,10H2,1-2H3. The van der Waals surface area contributed by atoms with Gasteiger partial charge >= 0.3 is 0 Å². The van der Waals surface area contributed by atoms with E-state index in [0.29, 0.717) is 11.9 Å². The van der Waals surface area contributed by atoms with Crippen molar-refractivity contribution in [3.8, 4) is 11.6 Å². The summed E-state index contributed by atoms with van der Waals surface area (Å²) < 4.78 is 7.03. The van der Waals surface area contributed by atoms with E-state index < -0.39 is 0 Å². The van der Waals surface area contributed by atoms with E-state index in [4.69, 9.17) is 4.74 Å². The number of ether oxygens (including phenoxy) is 1. The Kier molecular flexibility index (Phi) is 4.27. The Balaban J connectivity index is 1.87. The number of hydrogen-bond donors (Lipinski definition) is 1. The molecular weight excluding hydrogens is 328 g/mol. The van der Waals surface area contributed by atoms with Crippen molar-refractivity contribution < 1.29 is 4.74 Å². The predicted octanol–water partition coefficient (Wildman–Crippen LogP) is 4.51. The first-order chi connectivity index (χ1) is 10.1. The number of aromatic nitrogens is 1. The molecule has 1 aliphatic rings. The van der Waals surface area contributed by atoms with Crippen molar-refractivity contribution in [2.45, 2.75) is 39.3 Å². The molecule has 1 saturated carbocycles. The van der Waals surface area contributed by atoms with Crippen molar-refractivity contribution >= 4 is 15.9 Å². The van der Waals surface area contributed by atoms with E-state index in [1.54, 1.807) is 0 Å². The highest BCUT2D eigenvalue weighted by molar-refractivity contribution is 9.10. The first kappa shape index (κ1) is 14.5. The molecule has 0 unspecified atom stereocenters. The molecule has 2 aromatic rings. The van der Waals surface area contributed by atoms with Gasteiger partial charge < -0.3 is 10.1 Å².